The highest BCUT2D eigenvalue weighted by molar-refractivity contribution is 5.78. The lowest BCUT2D eigenvalue weighted by atomic mass is 9.69. The molecule has 1 amide bonds. The molecule has 1 N–H and O–H groups in total. The normalized spacial score (nSPS) is 24.7. The van der Waals surface area contributed by atoms with Crippen molar-refractivity contribution in [2.75, 3.05) is 46.0 Å². The predicted octanol–water partition coefficient (Wildman–Crippen LogP) is 2.89. The fourth-order valence-corrected chi connectivity index (χ4v) is 5.22. The van der Waals surface area contributed by atoms with Crippen LogP contribution in [0.1, 0.15) is 50.5 Å². The van der Waals surface area contributed by atoms with Crippen molar-refractivity contribution < 1.29 is 14.3 Å². The highest BCUT2D eigenvalue weighted by atomic mass is 16.5. The van der Waals surface area contributed by atoms with Crippen molar-refractivity contribution in [3.63, 3.8) is 0 Å². The molecule has 0 aromatic heterocycles. The molecule has 3 aliphatic rings. The van der Waals surface area contributed by atoms with E-state index in [0.29, 0.717) is 13.2 Å². The fraction of sp³-hybridized carbons (Fsp3) is 0.696. The molecule has 1 aromatic carbocycles. The highest BCUT2D eigenvalue weighted by Crippen LogP contribution is 2.39. The largest absolute Gasteiger partial charge is 0.381 e. The van der Waals surface area contributed by atoms with Gasteiger partial charge in [0.25, 0.3) is 0 Å². The molecule has 154 valence electrons. The number of ether oxygens (including phenoxy) is 2. The molecule has 1 saturated carbocycles. The van der Waals surface area contributed by atoms with Crippen LogP contribution in [0.25, 0.3) is 0 Å². The van der Waals surface area contributed by atoms with Gasteiger partial charge in [0.15, 0.2) is 0 Å². The zero-order valence-corrected chi connectivity index (χ0v) is 17.0. The summed E-state index contributed by atoms with van der Waals surface area (Å²) in [7, 11) is 0. The number of carbonyl (C=O) groups excluding carboxylic acids is 1. The van der Waals surface area contributed by atoms with Crippen molar-refractivity contribution in [2.24, 2.45) is 0 Å². The smallest absolute Gasteiger partial charge is 0.234 e. The monoisotopic (exact) mass is 386 g/mol. The lowest BCUT2D eigenvalue weighted by Crippen LogP contribution is -2.56. The topological polar surface area (TPSA) is 50.8 Å². The van der Waals surface area contributed by atoms with Crippen molar-refractivity contribution in [3.05, 3.63) is 35.9 Å². The summed E-state index contributed by atoms with van der Waals surface area (Å²) in [6, 6.07) is 10.8. The van der Waals surface area contributed by atoms with Crippen LogP contribution in [-0.4, -0.2) is 62.4 Å². The average molecular weight is 387 g/mol. The van der Waals surface area contributed by atoms with Crippen molar-refractivity contribution in [1.29, 1.82) is 0 Å². The van der Waals surface area contributed by atoms with Gasteiger partial charge in [0, 0.05) is 51.1 Å². The Morgan fingerprint density at radius 1 is 1.00 bits per heavy atom. The molecule has 0 bridgehead atoms. The summed E-state index contributed by atoms with van der Waals surface area (Å²) in [6.45, 7) is 5.13. The Kier molecular flexibility index (Phi) is 6.34. The molecular weight excluding hydrogens is 352 g/mol. The van der Waals surface area contributed by atoms with Gasteiger partial charge in [-0.1, -0.05) is 49.6 Å². The van der Waals surface area contributed by atoms with Crippen LogP contribution >= 0.6 is 0 Å². The molecule has 1 aliphatic carbocycles. The maximum absolute atomic E-state index is 12.8. The van der Waals surface area contributed by atoms with Crippen LogP contribution in [0.4, 0.5) is 0 Å². The number of rotatable bonds is 5. The van der Waals surface area contributed by atoms with E-state index in [0.717, 1.165) is 58.5 Å². The maximum atomic E-state index is 12.8. The molecule has 0 atom stereocenters. The van der Waals surface area contributed by atoms with E-state index < -0.39 is 0 Å². The first kappa shape index (κ1) is 19.9. The second kappa shape index (κ2) is 8.93. The number of amides is 1. The Hall–Kier alpha value is -1.43. The Balaban J connectivity index is 1.34. The van der Waals surface area contributed by atoms with Crippen molar-refractivity contribution in [1.82, 2.24) is 10.2 Å². The Morgan fingerprint density at radius 3 is 2.50 bits per heavy atom. The number of nitrogens with one attached hydrogen (secondary N) is 1. The van der Waals surface area contributed by atoms with E-state index in [-0.39, 0.29) is 16.9 Å². The molecule has 1 spiro atoms. The van der Waals surface area contributed by atoms with E-state index in [2.05, 4.69) is 40.5 Å². The summed E-state index contributed by atoms with van der Waals surface area (Å²) in [5, 5.41) is 3.28. The third kappa shape index (κ3) is 4.58. The molecule has 28 heavy (non-hydrogen) atoms. The Labute approximate surface area is 168 Å². The van der Waals surface area contributed by atoms with E-state index in [1.54, 1.807) is 0 Å². The van der Waals surface area contributed by atoms with Crippen LogP contribution in [0, 0.1) is 0 Å². The van der Waals surface area contributed by atoms with E-state index in [1.165, 1.54) is 24.8 Å². The van der Waals surface area contributed by atoms with Crippen molar-refractivity contribution >= 4 is 5.91 Å². The third-order valence-electron chi connectivity index (χ3n) is 6.92. The van der Waals surface area contributed by atoms with Gasteiger partial charge in [0.2, 0.25) is 5.91 Å². The molecule has 0 radical (unpaired) electrons. The predicted molar refractivity (Wildman–Crippen MR) is 109 cm³/mol. The van der Waals surface area contributed by atoms with Gasteiger partial charge in [-0.25, -0.2) is 0 Å². The quantitative estimate of drug-likeness (QED) is 0.845. The SMILES string of the molecule is O=C(CN1CCOC2(CCOCC2)C1)NCC1(c2ccccc2)CCCCC1. The van der Waals surface area contributed by atoms with Crippen LogP contribution in [0.2, 0.25) is 0 Å². The summed E-state index contributed by atoms with van der Waals surface area (Å²) in [5.74, 6) is 0.144. The second-order valence-corrected chi connectivity index (χ2v) is 8.84. The van der Waals surface area contributed by atoms with Crippen LogP contribution in [0.15, 0.2) is 30.3 Å². The molecule has 2 aliphatic heterocycles. The molecule has 0 unspecified atom stereocenters. The minimum Gasteiger partial charge on any atom is -0.381 e. The highest BCUT2D eigenvalue weighted by Gasteiger charge is 2.39. The van der Waals surface area contributed by atoms with E-state index in [4.69, 9.17) is 9.47 Å². The number of hydrogen-bond acceptors (Lipinski definition) is 4. The number of morpholine rings is 1. The Bertz CT molecular complexity index is 631. The number of benzene rings is 1. The second-order valence-electron chi connectivity index (χ2n) is 8.84. The Morgan fingerprint density at radius 2 is 1.75 bits per heavy atom. The summed E-state index contributed by atoms with van der Waals surface area (Å²) in [4.78, 5) is 15.0. The van der Waals surface area contributed by atoms with Gasteiger partial charge in [0.1, 0.15) is 0 Å². The van der Waals surface area contributed by atoms with Gasteiger partial charge in [-0.05, 0) is 18.4 Å². The molecule has 4 rings (SSSR count). The summed E-state index contributed by atoms with van der Waals surface area (Å²) >= 11 is 0. The minimum atomic E-state index is -0.106. The lowest BCUT2D eigenvalue weighted by molar-refractivity contribution is -0.156. The first-order chi connectivity index (χ1) is 13.7. The maximum Gasteiger partial charge on any atom is 0.234 e. The number of nitrogens with zero attached hydrogens (tertiary/aromatic N) is 1. The van der Waals surface area contributed by atoms with E-state index in [1.807, 2.05) is 0 Å². The standard InChI is InChI=1S/C23H34N2O3/c26-21(17-25-13-16-28-23(19-25)11-14-27-15-12-23)24-18-22(9-5-2-6-10-22)20-7-3-1-4-8-20/h1,3-4,7-8H,2,5-6,9-19H2,(H,24,26). The summed E-state index contributed by atoms with van der Waals surface area (Å²) < 4.78 is 11.6. The van der Waals surface area contributed by atoms with Crippen LogP contribution in [0.3, 0.4) is 0 Å². The molecular formula is C23H34N2O3. The fourth-order valence-electron chi connectivity index (χ4n) is 5.22. The van der Waals surface area contributed by atoms with Gasteiger partial charge in [-0.2, -0.15) is 0 Å². The molecule has 3 fully saturated rings. The van der Waals surface area contributed by atoms with Crippen LogP contribution < -0.4 is 5.32 Å². The van der Waals surface area contributed by atoms with Gasteiger partial charge in [-0.3, -0.25) is 9.69 Å². The van der Waals surface area contributed by atoms with Crippen molar-refractivity contribution in [3.8, 4) is 0 Å². The summed E-state index contributed by atoms with van der Waals surface area (Å²) in [5.41, 5.74) is 1.37. The van der Waals surface area contributed by atoms with Gasteiger partial charge in [-0.15, -0.1) is 0 Å². The minimum absolute atomic E-state index is 0.0993. The molecule has 5 heteroatoms. The number of carbonyl (C=O) groups is 1. The first-order valence-corrected chi connectivity index (χ1v) is 11.0. The zero-order valence-electron chi connectivity index (χ0n) is 17.0. The first-order valence-electron chi connectivity index (χ1n) is 11.0. The molecule has 5 nitrogen and oxygen atoms in total. The van der Waals surface area contributed by atoms with Gasteiger partial charge >= 0.3 is 0 Å². The van der Waals surface area contributed by atoms with Crippen LogP contribution in [-0.2, 0) is 19.7 Å². The molecule has 2 saturated heterocycles. The molecule has 1 aromatic rings. The van der Waals surface area contributed by atoms with Crippen molar-refractivity contribution in [2.45, 2.75) is 56.0 Å². The average Bonchev–Trinajstić information content (AvgIpc) is 2.74. The summed E-state index contributed by atoms with van der Waals surface area (Å²) in [6.07, 6.45) is 8.00. The lowest BCUT2D eigenvalue weighted by Gasteiger charge is -2.44. The van der Waals surface area contributed by atoms with Gasteiger partial charge < -0.3 is 14.8 Å². The van der Waals surface area contributed by atoms with Gasteiger partial charge in [0.05, 0.1) is 18.8 Å². The number of hydrogen-bond donors (Lipinski definition) is 1. The zero-order chi connectivity index (χ0) is 19.3. The van der Waals surface area contributed by atoms with E-state index >= 15 is 0 Å². The van der Waals surface area contributed by atoms with Crippen LogP contribution in [0.5, 0.6) is 0 Å². The van der Waals surface area contributed by atoms with E-state index in [9.17, 15) is 4.79 Å². The molecule has 2 heterocycles. The third-order valence-corrected chi connectivity index (χ3v) is 6.92.